The molecule has 0 unspecified atom stereocenters. The molecule has 0 aliphatic heterocycles. The summed E-state index contributed by atoms with van der Waals surface area (Å²) in [7, 11) is 4.91. The van der Waals surface area contributed by atoms with Gasteiger partial charge in [0.1, 0.15) is 0 Å². The van der Waals surface area contributed by atoms with E-state index in [4.69, 9.17) is 0 Å². The summed E-state index contributed by atoms with van der Waals surface area (Å²) in [6, 6.07) is 0. The summed E-state index contributed by atoms with van der Waals surface area (Å²) in [4.78, 5) is 0. The minimum Gasteiger partial charge on any atom is -1.00 e. The third kappa shape index (κ3) is 36.2. The Kier molecular flexibility index (Phi) is 37.4. The quantitative estimate of drug-likeness (QED) is 0.0289. The van der Waals surface area contributed by atoms with Crippen LogP contribution in [0, 0.1) is 0 Å². The van der Waals surface area contributed by atoms with E-state index in [0.717, 1.165) is 0 Å². The third-order valence-electron chi connectivity index (χ3n) is 8.55. The molecule has 40 heavy (non-hydrogen) atoms. The summed E-state index contributed by atoms with van der Waals surface area (Å²) in [6.45, 7) is 7.33. The first-order chi connectivity index (χ1) is 19.1. The molecule has 0 aliphatic carbocycles. The Balaban J connectivity index is 0. The van der Waals surface area contributed by atoms with E-state index in [-0.39, 0.29) is 24.0 Å². The number of hydrogen-bond acceptors (Lipinski definition) is 0. The van der Waals surface area contributed by atoms with Gasteiger partial charge in [-0.05, 0) is 77.0 Å². The molecule has 1 nitrogen and oxygen atoms in total. The van der Waals surface area contributed by atoms with Gasteiger partial charge in [0.05, 0.1) is 27.2 Å². The molecule has 0 aromatic heterocycles. The first-order valence-corrected chi connectivity index (χ1v) is 18.2. The normalized spacial score (nSPS) is 12.1. The van der Waals surface area contributed by atoms with Gasteiger partial charge in [0.2, 0.25) is 0 Å². The maximum Gasteiger partial charge on any atom is 0.0782 e. The van der Waals surface area contributed by atoms with Gasteiger partial charge in [0.25, 0.3) is 0 Å². The highest BCUT2D eigenvalue weighted by atomic mass is 127. The molecule has 0 aromatic carbocycles. The van der Waals surface area contributed by atoms with E-state index in [1.807, 2.05) is 0 Å². The Morgan fingerprint density at radius 3 is 0.825 bits per heavy atom. The van der Waals surface area contributed by atoms with Gasteiger partial charge in [0.15, 0.2) is 0 Å². The molecule has 0 heterocycles. The SMILES string of the molecule is CCCCCCCC/C=C\CCCCCCCC[N+](C)(C)CCCCCCCC/C=C\CCCCCCCC.[I-]. The Labute approximate surface area is 272 Å². The van der Waals surface area contributed by atoms with Crippen molar-refractivity contribution in [2.24, 2.45) is 0 Å². The van der Waals surface area contributed by atoms with Gasteiger partial charge in [-0.15, -0.1) is 0 Å². The molecule has 0 atom stereocenters. The zero-order valence-corrected chi connectivity index (χ0v) is 30.5. The fraction of sp³-hybridized carbons (Fsp3) is 0.895. The fourth-order valence-electron chi connectivity index (χ4n) is 5.69. The van der Waals surface area contributed by atoms with Crippen molar-refractivity contribution in [1.29, 1.82) is 0 Å². The van der Waals surface area contributed by atoms with E-state index in [1.165, 1.54) is 197 Å². The number of unbranched alkanes of at least 4 members (excludes halogenated alkanes) is 24. The first-order valence-electron chi connectivity index (χ1n) is 18.2. The van der Waals surface area contributed by atoms with Crippen molar-refractivity contribution in [2.45, 2.75) is 194 Å². The minimum atomic E-state index is 0. The second kappa shape index (κ2) is 35.4. The van der Waals surface area contributed by atoms with E-state index in [9.17, 15) is 0 Å². The maximum atomic E-state index is 2.45. The molecule has 240 valence electrons. The summed E-state index contributed by atoms with van der Waals surface area (Å²) in [5.41, 5.74) is 0. The maximum absolute atomic E-state index is 2.45. The Bertz CT molecular complexity index is 466. The van der Waals surface area contributed by atoms with E-state index < -0.39 is 0 Å². The summed E-state index contributed by atoms with van der Waals surface area (Å²) in [5.74, 6) is 0. The summed E-state index contributed by atoms with van der Waals surface area (Å²) >= 11 is 0. The molecule has 0 amide bonds. The summed E-state index contributed by atoms with van der Waals surface area (Å²) in [5, 5.41) is 0. The minimum absolute atomic E-state index is 0. The smallest absolute Gasteiger partial charge is 0.0782 e. The van der Waals surface area contributed by atoms with Crippen LogP contribution in [0.25, 0.3) is 0 Å². The average Bonchev–Trinajstić information content (AvgIpc) is 2.92. The van der Waals surface area contributed by atoms with Crippen LogP contribution in [0.4, 0.5) is 0 Å². The van der Waals surface area contributed by atoms with Crippen molar-refractivity contribution in [1.82, 2.24) is 0 Å². The Morgan fingerprint density at radius 1 is 0.325 bits per heavy atom. The summed E-state index contributed by atoms with van der Waals surface area (Å²) < 4.78 is 1.23. The van der Waals surface area contributed by atoms with Gasteiger partial charge in [0, 0.05) is 0 Å². The van der Waals surface area contributed by atoms with Crippen LogP contribution in [0.5, 0.6) is 0 Å². The van der Waals surface area contributed by atoms with Crippen LogP contribution < -0.4 is 24.0 Å². The highest BCUT2D eigenvalue weighted by molar-refractivity contribution is 4.82. The van der Waals surface area contributed by atoms with E-state index >= 15 is 0 Å². The van der Waals surface area contributed by atoms with Gasteiger partial charge in [-0.25, -0.2) is 0 Å². The van der Waals surface area contributed by atoms with E-state index in [0.29, 0.717) is 0 Å². The van der Waals surface area contributed by atoms with Gasteiger partial charge >= 0.3 is 0 Å². The first kappa shape index (κ1) is 42.3. The average molecular weight is 674 g/mol. The van der Waals surface area contributed by atoms with Gasteiger partial charge in [-0.1, -0.05) is 141 Å². The van der Waals surface area contributed by atoms with Crippen LogP contribution >= 0.6 is 0 Å². The van der Waals surface area contributed by atoms with Crippen molar-refractivity contribution in [2.75, 3.05) is 27.2 Å². The monoisotopic (exact) mass is 674 g/mol. The molecule has 0 spiro atoms. The molecule has 0 bridgehead atoms. The summed E-state index contributed by atoms with van der Waals surface area (Å²) in [6.07, 6.45) is 49.0. The second-order valence-electron chi connectivity index (χ2n) is 13.3. The number of quaternary nitrogens is 1. The van der Waals surface area contributed by atoms with Gasteiger partial charge in [-0.3, -0.25) is 0 Å². The topological polar surface area (TPSA) is 0 Å². The highest BCUT2D eigenvalue weighted by Crippen LogP contribution is 2.14. The lowest BCUT2D eigenvalue weighted by Crippen LogP contribution is -3.00. The van der Waals surface area contributed by atoms with Crippen LogP contribution in [0.2, 0.25) is 0 Å². The van der Waals surface area contributed by atoms with Crippen LogP contribution in [0.3, 0.4) is 0 Å². The van der Waals surface area contributed by atoms with Crippen LogP contribution in [-0.4, -0.2) is 31.7 Å². The van der Waals surface area contributed by atoms with Crippen molar-refractivity contribution in [3.8, 4) is 0 Å². The lowest BCUT2D eigenvalue weighted by molar-refractivity contribution is -0.890. The number of rotatable bonds is 32. The molecule has 0 N–H and O–H groups in total. The zero-order chi connectivity index (χ0) is 28.5. The van der Waals surface area contributed by atoms with Crippen LogP contribution in [0.15, 0.2) is 24.3 Å². The predicted molar refractivity (Wildman–Crippen MR) is 181 cm³/mol. The molecule has 0 aliphatic rings. The number of hydrogen-bond donors (Lipinski definition) is 0. The lowest BCUT2D eigenvalue weighted by atomic mass is 10.1. The lowest BCUT2D eigenvalue weighted by Gasteiger charge is -2.30. The molecule has 0 rings (SSSR count). The van der Waals surface area contributed by atoms with Crippen LogP contribution in [-0.2, 0) is 0 Å². The standard InChI is InChI=1S/C38H76N.HI/c1-5-7-9-11-13-15-17-19-21-23-25-27-29-31-33-35-37-39(3,4)38-36-34-32-30-28-26-24-22-20-18-16-14-12-10-8-6-2;/h19-22H,5-18,23-38H2,1-4H3;1H/q+1;/p-1/b21-19-,22-20-;. The van der Waals surface area contributed by atoms with E-state index in [1.54, 1.807) is 0 Å². The van der Waals surface area contributed by atoms with Crippen molar-refractivity contribution in [3.05, 3.63) is 24.3 Å². The van der Waals surface area contributed by atoms with Crippen molar-refractivity contribution < 1.29 is 28.5 Å². The van der Waals surface area contributed by atoms with Crippen molar-refractivity contribution in [3.63, 3.8) is 0 Å². The number of allylic oxidation sites excluding steroid dienone is 4. The van der Waals surface area contributed by atoms with Crippen molar-refractivity contribution >= 4 is 0 Å². The largest absolute Gasteiger partial charge is 1.00 e. The van der Waals surface area contributed by atoms with E-state index in [2.05, 4.69) is 52.2 Å². The van der Waals surface area contributed by atoms with Crippen LogP contribution in [0.1, 0.15) is 194 Å². The predicted octanol–water partition coefficient (Wildman–Crippen LogP) is 10.1. The molecule has 0 fully saturated rings. The molecule has 0 saturated heterocycles. The third-order valence-corrected chi connectivity index (χ3v) is 8.55. The Hall–Kier alpha value is 0.170. The molecule has 0 aromatic rings. The zero-order valence-electron chi connectivity index (χ0n) is 28.3. The number of halogens is 1. The molecule has 0 saturated carbocycles. The Morgan fingerprint density at radius 2 is 0.550 bits per heavy atom. The second-order valence-corrected chi connectivity index (χ2v) is 13.3. The molecular weight excluding hydrogens is 597 g/mol. The molecular formula is C38H76IN. The van der Waals surface area contributed by atoms with Gasteiger partial charge < -0.3 is 28.5 Å². The molecule has 0 radical (unpaired) electrons. The highest BCUT2D eigenvalue weighted by Gasteiger charge is 2.13. The number of nitrogens with zero attached hydrogens (tertiary/aromatic N) is 1. The van der Waals surface area contributed by atoms with Gasteiger partial charge in [-0.2, -0.15) is 0 Å². The molecule has 2 heteroatoms. The fourth-order valence-corrected chi connectivity index (χ4v) is 5.69.